The summed E-state index contributed by atoms with van der Waals surface area (Å²) in [6.45, 7) is 4.46. The van der Waals surface area contributed by atoms with Crippen LogP contribution in [-0.2, 0) is 10.1 Å². The highest BCUT2D eigenvalue weighted by molar-refractivity contribution is 9.08. The Hall–Kier alpha value is -2.51. The molecule has 0 spiro atoms. The molecule has 2 aromatic carbocycles. The Morgan fingerprint density at radius 2 is 1.96 bits per heavy atom. The van der Waals surface area contributed by atoms with Crippen LogP contribution in [-0.4, -0.2) is 26.8 Å². The van der Waals surface area contributed by atoms with Crippen LogP contribution in [0.5, 0.6) is 0 Å². The average Bonchev–Trinajstić information content (AvgIpc) is 3.34. The van der Waals surface area contributed by atoms with E-state index in [0.717, 1.165) is 33.2 Å². The minimum atomic E-state index is -0.259. The van der Waals surface area contributed by atoms with E-state index in [1.165, 1.54) is 5.56 Å². The van der Waals surface area contributed by atoms with Crippen LogP contribution >= 0.6 is 15.9 Å². The van der Waals surface area contributed by atoms with Crippen molar-refractivity contribution in [1.29, 1.82) is 0 Å². The van der Waals surface area contributed by atoms with Crippen molar-refractivity contribution >= 4 is 26.9 Å². The highest BCUT2D eigenvalue weighted by Gasteiger charge is 2.19. The molecule has 0 fully saturated rings. The molecule has 138 valence electrons. The molecule has 2 heterocycles. The van der Waals surface area contributed by atoms with Crippen molar-refractivity contribution in [1.82, 2.24) is 20.2 Å². The first-order chi connectivity index (χ1) is 13.2. The van der Waals surface area contributed by atoms with Crippen LogP contribution in [0, 0.1) is 0 Å². The third-order valence-corrected chi connectivity index (χ3v) is 5.06. The second-order valence-electron chi connectivity index (χ2n) is 6.16. The first-order valence-electron chi connectivity index (χ1n) is 8.79. The number of tetrazole rings is 1. The number of alkyl halides is 1. The van der Waals surface area contributed by atoms with E-state index in [0.29, 0.717) is 12.4 Å². The Balaban J connectivity index is 1.82. The molecule has 27 heavy (non-hydrogen) atoms. The van der Waals surface area contributed by atoms with E-state index in [2.05, 4.69) is 49.7 Å². The lowest BCUT2D eigenvalue weighted by atomic mass is 10.0. The fourth-order valence-electron chi connectivity index (χ4n) is 3.13. The molecule has 1 atom stereocenters. The van der Waals surface area contributed by atoms with Crippen LogP contribution in [0.4, 0.5) is 0 Å². The molecule has 0 aliphatic carbocycles. The number of ether oxygens (including phenoxy) is 1. The maximum atomic E-state index is 6.12. The van der Waals surface area contributed by atoms with Gasteiger partial charge in [0.15, 0.2) is 12.1 Å². The molecule has 0 saturated carbocycles. The molecule has 4 rings (SSSR count). The predicted molar refractivity (Wildman–Crippen MR) is 107 cm³/mol. The number of aromatic nitrogens is 4. The number of hydrogen-bond donors (Lipinski definition) is 0. The summed E-state index contributed by atoms with van der Waals surface area (Å²) in [6.07, 6.45) is -0.259. The van der Waals surface area contributed by atoms with E-state index in [1.807, 2.05) is 44.2 Å². The fraction of sp³-hybridized carbons (Fsp3) is 0.250. The molecule has 7 heteroatoms. The third-order valence-electron chi connectivity index (χ3n) is 4.41. The van der Waals surface area contributed by atoms with Gasteiger partial charge in [0.25, 0.3) is 0 Å². The smallest absolute Gasteiger partial charge is 0.185 e. The van der Waals surface area contributed by atoms with E-state index in [4.69, 9.17) is 9.15 Å². The molecule has 0 N–H and O–H groups in total. The lowest BCUT2D eigenvalue weighted by Crippen LogP contribution is -2.12. The second-order valence-corrected chi connectivity index (χ2v) is 6.72. The van der Waals surface area contributed by atoms with Gasteiger partial charge in [0.1, 0.15) is 11.3 Å². The summed E-state index contributed by atoms with van der Waals surface area (Å²) in [4.78, 5) is 0. The number of hydrogen-bond acceptors (Lipinski definition) is 5. The molecule has 0 radical (unpaired) electrons. The Kier molecular flexibility index (Phi) is 5.05. The zero-order chi connectivity index (χ0) is 18.8. The van der Waals surface area contributed by atoms with E-state index in [1.54, 1.807) is 4.68 Å². The summed E-state index contributed by atoms with van der Waals surface area (Å²) in [6, 6.07) is 16.2. The summed E-state index contributed by atoms with van der Waals surface area (Å²) in [7, 11) is 0. The van der Waals surface area contributed by atoms with Crippen LogP contribution in [0.25, 0.3) is 33.7 Å². The summed E-state index contributed by atoms with van der Waals surface area (Å²) in [5.41, 5.74) is 3.90. The summed E-state index contributed by atoms with van der Waals surface area (Å²) in [5.74, 6) is 1.43. The van der Waals surface area contributed by atoms with Gasteiger partial charge < -0.3 is 9.15 Å². The number of benzene rings is 2. The first-order valence-corrected chi connectivity index (χ1v) is 9.91. The first kappa shape index (κ1) is 17.9. The van der Waals surface area contributed by atoms with E-state index in [-0.39, 0.29) is 6.23 Å². The van der Waals surface area contributed by atoms with E-state index >= 15 is 0 Å². The largest absolute Gasteiger partial charge is 0.456 e. The highest BCUT2D eigenvalue weighted by atomic mass is 79.9. The number of fused-ring (bicyclic) bond motifs is 1. The molecule has 1 unspecified atom stereocenters. The molecule has 0 bridgehead atoms. The normalized spacial score (nSPS) is 12.6. The number of rotatable bonds is 6. The van der Waals surface area contributed by atoms with Crippen molar-refractivity contribution in [2.24, 2.45) is 0 Å². The van der Waals surface area contributed by atoms with Gasteiger partial charge in [-0.25, -0.2) is 0 Å². The summed E-state index contributed by atoms with van der Waals surface area (Å²) < 4.78 is 13.5. The quantitative estimate of drug-likeness (QED) is 0.396. The summed E-state index contributed by atoms with van der Waals surface area (Å²) in [5, 5.41) is 14.1. The van der Waals surface area contributed by atoms with E-state index < -0.39 is 0 Å². The molecule has 0 amide bonds. The van der Waals surface area contributed by atoms with Crippen molar-refractivity contribution in [3.05, 3.63) is 54.1 Å². The van der Waals surface area contributed by atoms with Crippen LogP contribution in [0.1, 0.15) is 25.6 Å². The van der Waals surface area contributed by atoms with Gasteiger partial charge >= 0.3 is 0 Å². The fourth-order valence-corrected chi connectivity index (χ4v) is 3.48. The van der Waals surface area contributed by atoms with Crippen molar-refractivity contribution in [3.8, 4) is 22.7 Å². The maximum absolute atomic E-state index is 6.12. The average molecular weight is 427 g/mol. The van der Waals surface area contributed by atoms with Gasteiger partial charge in [-0.1, -0.05) is 46.3 Å². The van der Waals surface area contributed by atoms with Crippen molar-refractivity contribution in [2.45, 2.75) is 25.4 Å². The van der Waals surface area contributed by atoms with Crippen LogP contribution in [0.3, 0.4) is 0 Å². The van der Waals surface area contributed by atoms with Gasteiger partial charge in [0.05, 0.1) is 0 Å². The molecule has 2 aromatic heterocycles. The SMILES string of the molecule is CCOC(C)n1nnnc1-c1ccccc1-c1cc2cc(CBr)ccc2o1. The van der Waals surface area contributed by atoms with Gasteiger partial charge in [-0.2, -0.15) is 4.68 Å². The Bertz CT molecular complexity index is 1070. The van der Waals surface area contributed by atoms with Crippen LogP contribution < -0.4 is 0 Å². The topological polar surface area (TPSA) is 66.0 Å². The number of nitrogens with zero attached hydrogens (tertiary/aromatic N) is 4. The van der Waals surface area contributed by atoms with E-state index in [9.17, 15) is 0 Å². The predicted octanol–water partition coefficient (Wildman–Crippen LogP) is 5.20. The molecule has 4 aromatic rings. The molecule has 0 saturated heterocycles. The maximum Gasteiger partial charge on any atom is 0.185 e. The minimum Gasteiger partial charge on any atom is -0.456 e. The molecular formula is C20H19BrN4O2. The molecule has 0 aliphatic heterocycles. The summed E-state index contributed by atoms with van der Waals surface area (Å²) >= 11 is 3.50. The standard InChI is InChI=1S/C20H19BrN4O2/c1-3-26-13(2)25-20(22-23-24-25)17-7-5-4-6-16(17)19-11-15-10-14(12-21)8-9-18(15)27-19/h4-11,13H,3,12H2,1-2H3. The van der Waals surface area contributed by atoms with Gasteiger partial charge in [-0.3, -0.25) is 0 Å². The Morgan fingerprint density at radius 1 is 1.15 bits per heavy atom. The lowest BCUT2D eigenvalue weighted by molar-refractivity contribution is 0.0159. The van der Waals surface area contributed by atoms with Gasteiger partial charge in [0, 0.05) is 28.5 Å². The zero-order valence-corrected chi connectivity index (χ0v) is 16.7. The monoisotopic (exact) mass is 426 g/mol. The molecule has 0 aliphatic rings. The number of furan rings is 1. The van der Waals surface area contributed by atoms with Gasteiger partial charge in [-0.15, -0.1) is 5.10 Å². The lowest BCUT2D eigenvalue weighted by Gasteiger charge is -2.14. The van der Waals surface area contributed by atoms with Crippen molar-refractivity contribution < 1.29 is 9.15 Å². The zero-order valence-electron chi connectivity index (χ0n) is 15.1. The van der Waals surface area contributed by atoms with Crippen molar-refractivity contribution in [2.75, 3.05) is 6.61 Å². The number of halogens is 1. The van der Waals surface area contributed by atoms with Crippen LogP contribution in [0.2, 0.25) is 0 Å². The van der Waals surface area contributed by atoms with Crippen molar-refractivity contribution in [3.63, 3.8) is 0 Å². The van der Waals surface area contributed by atoms with Gasteiger partial charge in [0.2, 0.25) is 0 Å². The second kappa shape index (κ2) is 7.62. The Morgan fingerprint density at radius 3 is 2.74 bits per heavy atom. The molecular weight excluding hydrogens is 408 g/mol. The minimum absolute atomic E-state index is 0.259. The van der Waals surface area contributed by atoms with Crippen LogP contribution in [0.15, 0.2) is 52.9 Å². The molecule has 6 nitrogen and oxygen atoms in total. The Labute approximate surface area is 165 Å². The third kappa shape index (κ3) is 3.40. The highest BCUT2D eigenvalue weighted by Crippen LogP contribution is 2.35. The van der Waals surface area contributed by atoms with Gasteiger partial charge in [-0.05, 0) is 48.0 Å².